The SMILES string of the molecule is O=C(Nc1ccc(N2CCN(C(=O)c3ccccc3Cl)CC2)nc1)c1ccccc1Cl. The number of hydrogen-bond donors (Lipinski definition) is 1. The number of halogens is 2. The highest BCUT2D eigenvalue weighted by atomic mass is 35.5. The predicted molar refractivity (Wildman–Crippen MR) is 123 cm³/mol. The smallest absolute Gasteiger partial charge is 0.257 e. The molecule has 0 atom stereocenters. The lowest BCUT2D eigenvalue weighted by molar-refractivity contribution is 0.0746. The van der Waals surface area contributed by atoms with Crippen LogP contribution in [-0.2, 0) is 0 Å². The molecule has 2 amide bonds. The first kappa shape index (κ1) is 21.2. The van der Waals surface area contributed by atoms with E-state index in [-0.39, 0.29) is 11.8 Å². The molecule has 0 radical (unpaired) electrons. The van der Waals surface area contributed by atoms with Crippen molar-refractivity contribution in [3.63, 3.8) is 0 Å². The molecule has 0 aliphatic carbocycles. The van der Waals surface area contributed by atoms with E-state index in [0.717, 1.165) is 5.82 Å². The highest BCUT2D eigenvalue weighted by Gasteiger charge is 2.24. The van der Waals surface area contributed by atoms with Gasteiger partial charge in [0.1, 0.15) is 5.82 Å². The lowest BCUT2D eigenvalue weighted by Crippen LogP contribution is -2.49. The zero-order valence-corrected chi connectivity index (χ0v) is 18.1. The van der Waals surface area contributed by atoms with Crippen molar-refractivity contribution < 1.29 is 9.59 Å². The number of hydrogen-bond acceptors (Lipinski definition) is 4. The molecule has 0 unspecified atom stereocenters. The molecule has 1 aromatic heterocycles. The molecule has 0 spiro atoms. The summed E-state index contributed by atoms with van der Waals surface area (Å²) in [6.45, 7) is 2.48. The van der Waals surface area contributed by atoms with Crippen LogP contribution in [0.1, 0.15) is 20.7 Å². The van der Waals surface area contributed by atoms with Crippen LogP contribution in [0, 0.1) is 0 Å². The van der Waals surface area contributed by atoms with Crippen LogP contribution in [0.2, 0.25) is 10.0 Å². The minimum atomic E-state index is -0.285. The van der Waals surface area contributed by atoms with E-state index in [1.807, 2.05) is 18.2 Å². The summed E-state index contributed by atoms with van der Waals surface area (Å²) >= 11 is 12.2. The highest BCUT2D eigenvalue weighted by Crippen LogP contribution is 2.21. The number of amides is 2. The van der Waals surface area contributed by atoms with Gasteiger partial charge in [-0.25, -0.2) is 4.98 Å². The summed E-state index contributed by atoms with van der Waals surface area (Å²) in [6.07, 6.45) is 1.62. The van der Waals surface area contributed by atoms with Crippen molar-refractivity contribution in [1.29, 1.82) is 0 Å². The number of piperazine rings is 1. The summed E-state index contributed by atoms with van der Waals surface area (Å²) in [5.74, 6) is 0.447. The van der Waals surface area contributed by atoms with E-state index in [0.29, 0.717) is 53.0 Å². The van der Waals surface area contributed by atoms with Gasteiger partial charge in [0.2, 0.25) is 0 Å². The van der Waals surface area contributed by atoms with Crippen molar-refractivity contribution in [3.05, 3.63) is 88.0 Å². The average Bonchev–Trinajstić information content (AvgIpc) is 2.80. The van der Waals surface area contributed by atoms with E-state index < -0.39 is 0 Å². The summed E-state index contributed by atoms with van der Waals surface area (Å²) in [6, 6.07) is 17.6. The molecule has 2 heterocycles. The Bertz CT molecular complexity index is 1100. The van der Waals surface area contributed by atoms with Gasteiger partial charge in [0.05, 0.1) is 33.1 Å². The molecule has 6 nitrogen and oxygen atoms in total. The predicted octanol–water partition coefficient (Wildman–Crippen LogP) is 4.60. The molecule has 8 heteroatoms. The molecule has 31 heavy (non-hydrogen) atoms. The van der Waals surface area contributed by atoms with Gasteiger partial charge in [-0.3, -0.25) is 9.59 Å². The number of nitrogens with one attached hydrogen (secondary N) is 1. The van der Waals surface area contributed by atoms with Gasteiger partial charge in [0.15, 0.2) is 0 Å². The molecule has 0 saturated carbocycles. The van der Waals surface area contributed by atoms with E-state index in [2.05, 4.69) is 15.2 Å². The fraction of sp³-hybridized carbons (Fsp3) is 0.174. The van der Waals surface area contributed by atoms with Crippen LogP contribution in [-0.4, -0.2) is 47.9 Å². The second-order valence-electron chi connectivity index (χ2n) is 7.10. The van der Waals surface area contributed by atoms with Crippen LogP contribution in [0.3, 0.4) is 0 Å². The molecule has 1 N–H and O–H groups in total. The van der Waals surface area contributed by atoms with Gasteiger partial charge >= 0.3 is 0 Å². The first-order valence-electron chi connectivity index (χ1n) is 9.83. The summed E-state index contributed by atoms with van der Waals surface area (Å²) < 4.78 is 0. The third kappa shape index (κ3) is 4.81. The van der Waals surface area contributed by atoms with E-state index in [4.69, 9.17) is 23.2 Å². The molecular formula is C23H20Cl2N4O2. The number of aromatic nitrogens is 1. The number of carbonyl (C=O) groups is 2. The summed E-state index contributed by atoms with van der Waals surface area (Å²) in [5, 5.41) is 3.67. The monoisotopic (exact) mass is 454 g/mol. The Hall–Kier alpha value is -3.09. The van der Waals surface area contributed by atoms with E-state index in [1.54, 1.807) is 53.6 Å². The van der Waals surface area contributed by atoms with Crippen molar-refractivity contribution >= 4 is 46.5 Å². The fourth-order valence-corrected chi connectivity index (χ4v) is 3.87. The number of rotatable bonds is 4. The standard InChI is InChI=1S/C23H20Cl2N4O2/c24-19-7-3-1-5-17(19)22(30)27-16-9-10-21(26-15-16)28-11-13-29(14-12-28)23(31)18-6-2-4-8-20(18)25/h1-10,15H,11-14H2,(H,27,30). The lowest BCUT2D eigenvalue weighted by atomic mass is 10.2. The largest absolute Gasteiger partial charge is 0.353 e. The van der Waals surface area contributed by atoms with E-state index in [9.17, 15) is 9.59 Å². The number of pyridine rings is 1. The first-order valence-corrected chi connectivity index (χ1v) is 10.6. The molecule has 1 aliphatic heterocycles. The van der Waals surface area contributed by atoms with E-state index >= 15 is 0 Å². The summed E-state index contributed by atoms with van der Waals surface area (Å²) in [5.41, 5.74) is 1.52. The Balaban J connectivity index is 1.35. The molecule has 4 rings (SSSR count). The molecule has 158 valence electrons. The molecule has 1 aliphatic rings. The van der Waals surface area contributed by atoms with Crippen molar-refractivity contribution in [2.45, 2.75) is 0 Å². The average molecular weight is 455 g/mol. The second-order valence-corrected chi connectivity index (χ2v) is 7.91. The summed E-state index contributed by atoms with van der Waals surface area (Å²) in [4.78, 5) is 33.5. The van der Waals surface area contributed by atoms with Crippen LogP contribution in [0.5, 0.6) is 0 Å². The van der Waals surface area contributed by atoms with Gasteiger partial charge in [-0.15, -0.1) is 0 Å². The first-order chi connectivity index (χ1) is 15.0. The zero-order valence-electron chi connectivity index (χ0n) is 16.6. The molecule has 1 saturated heterocycles. The molecule has 2 aromatic carbocycles. The van der Waals surface area contributed by atoms with Crippen molar-refractivity contribution in [2.24, 2.45) is 0 Å². The van der Waals surface area contributed by atoms with Crippen LogP contribution in [0.4, 0.5) is 11.5 Å². The Kier molecular flexibility index (Phi) is 6.39. The molecular weight excluding hydrogens is 435 g/mol. The van der Waals surface area contributed by atoms with Crippen molar-refractivity contribution in [2.75, 3.05) is 36.4 Å². The third-order valence-corrected chi connectivity index (χ3v) is 5.78. The Morgan fingerprint density at radius 2 is 1.42 bits per heavy atom. The van der Waals surface area contributed by atoms with Crippen LogP contribution in [0.15, 0.2) is 66.9 Å². The Morgan fingerprint density at radius 3 is 2.00 bits per heavy atom. The van der Waals surface area contributed by atoms with Gasteiger partial charge in [0.25, 0.3) is 11.8 Å². The van der Waals surface area contributed by atoms with Crippen LogP contribution < -0.4 is 10.2 Å². The molecule has 0 bridgehead atoms. The van der Waals surface area contributed by atoms with E-state index in [1.165, 1.54) is 0 Å². The van der Waals surface area contributed by atoms with Crippen molar-refractivity contribution in [3.8, 4) is 0 Å². The lowest BCUT2D eigenvalue weighted by Gasteiger charge is -2.35. The van der Waals surface area contributed by atoms with Gasteiger partial charge in [-0.05, 0) is 36.4 Å². The Labute approximate surface area is 190 Å². The Morgan fingerprint density at radius 1 is 0.806 bits per heavy atom. The quantitative estimate of drug-likeness (QED) is 0.625. The number of nitrogens with zero attached hydrogens (tertiary/aromatic N) is 3. The van der Waals surface area contributed by atoms with Gasteiger partial charge < -0.3 is 15.1 Å². The minimum absolute atomic E-state index is 0.0594. The van der Waals surface area contributed by atoms with Gasteiger partial charge in [0, 0.05) is 26.2 Å². The van der Waals surface area contributed by atoms with Gasteiger partial charge in [-0.2, -0.15) is 0 Å². The van der Waals surface area contributed by atoms with Crippen molar-refractivity contribution in [1.82, 2.24) is 9.88 Å². The van der Waals surface area contributed by atoms with Gasteiger partial charge in [-0.1, -0.05) is 47.5 Å². The van der Waals surface area contributed by atoms with Crippen LogP contribution >= 0.6 is 23.2 Å². The number of benzene rings is 2. The fourth-order valence-electron chi connectivity index (χ4n) is 3.43. The maximum absolute atomic E-state index is 12.7. The zero-order chi connectivity index (χ0) is 21.8. The molecule has 1 fully saturated rings. The number of anilines is 2. The van der Waals surface area contributed by atoms with Crippen LogP contribution in [0.25, 0.3) is 0 Å². The number of carbonyl (C=O) groups excluding carboxylic acids is 2. The topological polar surface area (TPSA) is 65.5 Å². The summed E-state index contributed by atoms with van der Waals surface area (Å²) in [7, 11) is 0. The third-order valence-electron chi connectivity index (χ3n) is 5.12. The minimum Gasteiger partial charge on any atom is -0.353 e. The molecule has 3 aromatic rings. The maximum Gasteiger partial charge on any atom is 0.257 e. The maximum atomic E-state index is 12.7. The highest BCUT2D eigenvalue weighted by molar-refractivity contribution is 6.34. The normalized spacial score (nSPS) is 13.7. The second kappa shape index (κ2) is 9.37.